The van der Waals surface area contributed by atoms with E-state index >= 15 is 0 Å². The molecule has 1 aliphatic carbocycles. The molecule has 1 aliphatic rings. The Morgan fingerprint density at radius 2 is 1.97 bits per heavy atom. The molecule has 8 nitrogen and oxygen atoms in total. The summed E-state index contributed by atoms with van der Waals surface area (Å²) in [4.78, 5) is 12.3. The van der Waals surface area contributed by atoms with Gasteiger partial charge in [0.15, 0.2) is 21.3 Å². The predicted octanol–water partition coefficient (Wildman–Crippen LogP) is 2.63. The smallest absolute Gasteiger partial charge is 0.226 e. The number of sulfone groups is 1. The van der Waals surface area contributed by atoms with Crippen LogP contribution in [-0.2, 0) is 21.2 Å². The van der Waals surface area contributed by atoms with Crippen molar-refractivity contribution in [1.82, 2.24) is 9.78 Å². The third-order valence-corrected chi connectivity index (χ3v) is 7.47. The molecule has 0 aliphatic heterocycles. The van der Waals surface area contributed by atoms with Crippen molar-refractivity contribution in [2.75, 3.05) is 25.3 Å². The number of ether oxygens (including phenoxy) is 2. The summed E-state index contributed by atoms with van der Waals surface area (Å²) in [6.45, 7) is 0.364. The fourth-order valence-corrected chi connectivity index (χ4v) is 5.51. The summed E-state index contributed by atoms with van der Waals surface area (Å²) in [7, 11) is -0.0854. The first-order valence-corrected chi connectivity index (χ1v) is 11.4. The molecule has 1 aromatic carbocycles. The Hall–Kier alpha value is -2.55. The van der Waals surface area contributed by atoms with E-state index in [1.807, 2.05) is 12.1 Å². The number of nitrogens with one attached hydrogen (secondary N) is 1. The number of para-hydroxylation sites is 1. The molecule has 1 fully saturated rings. The number of nitrogens with zero attached hydrogens (tertiary/aromatic N) is 2. The standard InChI is InChI=1S/C20H27N3O5S/c1-27-17-9-5-6-15(20(17)28-2)14-23-18(10-12-21-23)22-19(24)11-13-29(25,26)16-7-3-4-8-16/h5-6,9-10,12,16H,3-4,7-8,11,13-14H2,1-2H3,(H,22,24). The number of anilines is 1. The van der Waals surface area contributed by atoms with Gasteiger partial charge < -0.3 is 14.8 Å². The van der Waals surface area contributed by atoms with E-state index in [2.05, 4.69) is 10.4 Å². The number of hydrogen-bond acceptors (Lipinski definition) is 6. The molecule has 158 valence electrons. The van der Waals surface area contributed by atoms with Crippen molar-refractivity contribution in [2.24, 2.45) is 0 Å². The highest BCUT2D eigenvalue weighted by Gasteiger charge is 2.29. The number of aromatic nitrogens is 2. The Morgan fingerprint density at radius 1 is 1.21 bits per heavy atom. The first-order chi connectivity index (χ1) is 13.9. The average molecular weight is 422 g/mol. The van der Waals surface area contributed by atoms with Crippen molar-refractivity contribution in [3.8, 4) is 11.5 Å². The lowest BCUT2D eigenvalue weighted by Gasteiger charge is -2.14. The second-order valence-corrected chi connectivity index (χ2v) is 9.50. The van der Waals surface area contributed by atoms with Crippen molar-refractivity contribution in [3.05, 3.63) is 36.0 Å². The summed E-state index contributed by atoms with van der Waals surface area (Å²) in [6.07, 6.45) is 4.83. The number of benzene rings is 1. The quantitative estimate of drug-likeness (QED) is 0.668. The number of carbonyl (C=O) groups excluding carboxylic acids is 1. The van der Waals surface area contributed by atoms with Crippen molar-refractivity contribution >= 4 is 21.6 Å². The minimum absolute atomic E-state index is 0.0630. The van der Waals surface area contributed by atoms with Crippen LogP contribution in [-0.4, -0.2) is 49.3 Å². The minimum Gasteiger partial charge on any atom is -0.493 e. The van der Waals surface area contributed by atoms with Crippen LogP contribution >= 0.6 is 0 Å². The largest absolute Gasteiger partial charge is 0.493 e. The third-order valence-electron chi connectivity index (χ3n) is 5.21. The van der Waals surface area contributed by atoms with Gasteiger partial charge in [-0.25, -0.2) is 13.1 Å². The summed E-state index contributed by atoms with van der Waals surface area (Å²) in [5.74, 6) is 1.25. The molecule has 9 heteroatoms. The Balaban J connectivity index is 1.64. The number of carbonyl (C=O) groups is 1. The molecule has 0 atom stereocenters. The second kappa shape index (κ2) is 9.30. The topological polar surface area (TPSA) is 99.5 Å². The third kappa shape index (κ3) is 5.09. The molecule has 3 rings (SSSR count). The molecule has 29 heavy (non-hydrogen) atoms. The fraction of sp³-hybridized carbons (Fsp3) is 0.500. The molecule has 0 radical (unpaired) electrons. The van der Waals surface area contributed by atoms with Crippen LogP contribution in [0.2, 0.25) is 0 Å². The Labute approximate surface area is 171 Å². The Kier molecular flexibility index (Phi) is 6.79. The molecular weight excluding hydrogens is 394 g/mol. The maximum absolute atomic E-state index is 12.4. The summed E-state index contributed by atoms with van der Waals surface area (Å²) in [6, 6.07) is 7.23. The van der Waals surface area contributed by atoms with Crippen LogP contribution in [0.4, 0.5) is 5.82 Å². The zero-order valence-corrected chi connectivity index (χ0v) is 17.6. The van der Waals surface area contributed by atoms with Crippen LogP contribution in [0.5, 0.6) is 11.5 Å². The Morgan fingerprint density at radius 3 is 2.66 bits per heavy atom. The molecule has 2 aromatic rings. The number of rotatable bonds is 9. The van der Waals surface area contributed by atoms with Gasteiger partial charge in [0.2, 0.25) is 5.91 Å². The van der Waals surface area contributed by atoms with Crippen molar-refractivity contribution in [2.45, 2.75) is 43.9 Å². The summed E-state index contributed by atoms with van der Waals surface area (Å²) >= 11 is 0. The van der Waals surface area contributed by atoms with E-state index in [1.165, 1.54) is 0 Å². The number of methoxy groups -OCH3 is 2. The zero-order chi connectivity index (χ0) is 20.9. The van der Waals surface area contributed by atoms with E-state index in [0.717, 1.165) is 18.4 Å². The van der Waals surface area contributed by atoms with E-state index < -0.39 is 9.84 Å². The van der Waals surface area contributed by atoms with Gasteiger partial charge in [-0.2, -0.15) is 5.10 Å². The van der Waals surface area contributed by atoms with Gasteiger partial charge in [0.1, 0.15) is 5.82 Å². The highest BCUT2D eigenvalue weighted by molar-refractivity contribution is 7.92. The molecule has 1 amide bonds. The lowest BCUT2D eigenvalue weighted by atomic mass is 10.2. The van der Waals surface area contributed by atoms with Gasteiger partial charge in [-0.05, 0) is 18.9 Å². The molecule has 1 N–H and O–H groups in total. The van der Waals surface area contributed by atoms with E-state index in [0.29, 0.717) is 36.7 Å². The lowest BCUT2D eigenvalue weighted by molar-refractivity contribution is -0.115. The maximum Gasteiger partial charge on any atom is 0.226 e. The summed E-state index contributed by atoms with van der Waals surface area (Å²) in [5, 5.41) is 6.73. The van der Waals surface area contributed by atoms with E-state index in [9.17, 15) is 13.2 Å². The van der Waals surface area contributed by atoms with Gasteiger partial charge in [0, 0.05) is 18.1 Å². The van der Waals surface area contributed by atoms with Crippen LogP contribution in [0.3, 0.4) is 0 Å². The Bertz CT molecular complexity index is 949. The van der Waals surface area contributed by atoms with Gasteiger partial charge in [-0.1, -0.05) is 25.0 Å². The van der Waals surface area contributed by atoms with Gasteiger partial charge in [0.05, 0.1) is 38.0 Å². The maximum atomic E-state index is 12.4. The first kappa shape index (κ1) is 21.2. The molecule has 1 saturated carbocycles. The van der Waals surface area contributed by atoms with Crippen molar-refractivity contribution in [3.63, 3.8) is 0 Å². The van der Waals surface area contributed by atoms with Gasteiger partial charge in [-0.3, -0.25) is 4.79 Å². The van der Waals surface area contributed by atoms with Crippen LogP contribution < -0.4 is 14.8 Å². The number of hydrogen-bond donors (Lipinski definition) is 1. The lowest BCUT2D eigenvalue weighted by Crippen LogP contribution is -2.25. The van der Waals surface area contributed by atoms with Gasteiger partial charge in [-0.15, -0.1) is 0 Å². The SMILES string of the molecule is COc1cccc(Cn2nccc2NC(=O)CCS(=O)(=O)C2CCCC2)c1OC. The molecule has 0 unspecified atom stereocenters. The van der Waals surface area contributed by atoms with Crippen LogP contribution in [0.15, 0.2) is 30.5 Å². The van der Waals surface area contributed by atoms with E-state index in [1.54, 1.807) is 37.2 Å². The van der Waals surface area contributed by atoms with E-state index in [-0.39, 0.29) is 23.3 Å². The first-order valence-electron chi connectivity index (χ1n) is 9.67. The van der Waals surface area contributed by atoms with Crippen LogP contribution in [0.1, 0.15) is 37.7 Å². The monoisotopic (exact) mass is 421 g/mol. The molecule has 1 heterocycles. The highest BCUT2D eigenvalue weighted by Crippen LogP contribution is 2.31. The molecule has 0 bridgehead atoms. The average Bonchev–Trinajstić information content (AvgIpc) is 3.39. The minimum atomic E-state index is -3.22. The van der Waals surface area contributed by atoms with Gasteiger partial charge in [0.25, 0.3) is 0 Å². The van der Waals surface area contributed by atoms with Crippen molar-refractivity contribution in [1.29, 1.82) is 0 Å². The fourth-order valence-electron chi connectivity index (χ4n) is 3.66. The molecule has 1 aromatic heterocycles. The van der Waals surface area contributed by atoms with E-state index in [4.69, 9.17) is 9.47 Å². The zero-order valence-electron chi connectivity index (χ0n) is 16.8. The van der Waals surface area contributed by atoms with Crippen LogP contribution in [0, 0.1) is 0 Å². The number of amides is 1. The highest BCUT2D eigenvalue weighted by atomic mass is 32.2. The second-order valence-electron chi connectivity index (χ2n) is 7.10. The molecular formula is C20H27N3O5S. The summed E-state index contributed by atoms with van der Waals surface area (Å²) in [5.41, 5.74) is 0.842. The van der Waals surface area contributed by atoms with Gasteiger partial charge >= 0.3 is 0 Å². The van der Waals surface area contributed by atoms with Crippen LogP contribution in [0.25, 0.3) is 0 Å². The molecule has 0 saturated heterocycles. The molecule has 0 spiro atoms. The van der Waals surface area contributed by atoms with Crippen molar-refractivity contribution < 1.29 is 22.7 Å². The predicted molar refractivity (Wildman–Crippen MR) is 110 cm³/mol. The normalized spacial score (nSPS) is 14.7. The summed E-state index contributed by atoms with van der Waals surface area (Å²) < 4.78 is 37.1.